The van der Waals surface area contributed by atoms with E-state index >= 15 is 0 Å². The van der Waals surface area contributed by atoms with Gasteiger partial charge in [0.15, 0.2) is 5.58 Å². The summed E-state index contributed by atoms with van der Waals surface area (Å²) in [4.78, 5) is 2.43. The van der Waals surface area contributed by atoms with Crippen LogP contribution in [0.5, 0.6) is 0 Å². The second-order valence-corrected chi connectivity index (χ2v) is 16.1. The number of para-hydroxylation sites is 1. The normalized spacial score (nSPS) is 14.6. The molecule has 11 rings (SSSR count). The summed E-state index contributed by atoms with van der Waals surface area (Å²) in [6, 6.07) is 60.2. The summed E-state index contributed by atoms with van der Waals surface area (Å²) in [5.41, 5.74) is 17.9. The molecule has 1 heterocycles. The monoisotopic (exact) mass is 693 g/mol. The molecule has 0 saturated carbocycles. The fourth-order valence-electron chi connectivity index (χ4n) is 9.73. The molecule has 0 saturated heterocycles. The Labute approximate surface area is 315 Å². The van der Waals surface area contributed by atoms with Gasteiger partial charge in [0, 0.05) is 38.4 Å². The Morgan fingerprint density at radius 1 is 0.370 bits per heavy atom. The number of nitrogens with zero attached hydrogens (tertiary/aromatic N) is 1. The van der Waals surface area contributed by atoms with Gasteiger partial charge in [-0.3, -0.25) is 0 Å². The largest absolute Gasteiger partial charge is 0.453 e. The van der Waals surface area contributed by atoms with Crippen molar-refractivity contribution in [3.8, 4) is 33.4 Å². The Morgan fingerprint density at radius 3 is 1.50 bits per heavy atom. The Kier molecular flexibility index (Phi) is 6.39. The molecule has 0 atom stereocenters. The zero-order valence-corrected chi connectivity index (χ0v) is 30.9. The van der Waals surface area contributed by atoms with E-state index in [1.165, 1.54) is 61.0 Å². The predicted octanol–water partition coefficient (Wildman–Crippen LogP) is 14.5. The molecule has 1 aromatic heterocycles. The molecule has 0 radical (unpaired) electrons. The summed E-state index contributed by atoms with van der Waals surface area (Å²) in [6.45, 7) is 9.43. The van der Waals surface area contributed by atoms with Crippen molar-refractivity contribution in [2.75, 3.05) is 4.90 Å². The van der Waals surface area contributed by atoms with Crippen molar-refractivity contribution < 1.29 is 4.42 Å². The molecule has 0 bridgehead atoms. The first-order valence-electron chi connectivity index (χ1n) is 19.0. The standard InChI is InChI=1S/C52H39NO/c1-51(2)44-22-12-10-18-36(44)38-27-25-33(29-46(38)51)53(34-26-28-39-37-19-11-13-23-45(37)52(3,4)47(39)30-34)48-24-14-21-41-43-31-42(32-15-6-5-7-16-32)35-17-8-9-20-40(35)49(43)54-50(41)48/h5-31H,1-4H3. The lowest BCUT2D eigenvalue weighted by atomic mass is 9.82. The molecular weight excluding hydrogens is 655 g/mol. The minimum absolute atomic E-state index is 0.132. The molecular formula is C52H39NO. The smallest absolute Gasteiger partial charge is 0.159 e. The molecule has 0 unspecified atom stereocenters. The highest BCUT2D eigenvalue weighted by Crippen LogP contribution is 2.54. The van der Waals surface area contributed by atoms with E-state index in [9.17, 15) is 0 Å². The van der Waals surface area contributed by atoms with Gasteiger partial charge in [0.1, 0.15) is 5.58 Å². The lowest BCUT2D eigenvalue weighted by molar-refractivity contribution is 0.660. The number of anilines is 3. The van der Waals surface area contributed by atoms with Crippen LogP contribution in [0.15, 0.2) is 168 Å². The van der Waals surface area contributed by atoms with Crippen LogP contribution in [0.25, 0.3) is 66.1 Å². The molecule has 0 fully saturated rings. The van der Waals surface area contributed by atoms with Gasteiger partial charge in [0.05, 0.1) is 5.69 Å². The van der Waals surface area contributed by atoms with Crippen LogP contribution in [0.4, 0.5) is 17.1 Å². The van der Waals surface area contributed by atoms with E-state index in [4.69, 9.17) is 4.42 Å². The average Bonchev–Trinajstić information content (AvgIpc) is 3.78. The minimum Gasteiger partial charge on any atom is -0.453 e. The molecule has 0 aliphatic heterocycles. The van der Waals surface area contributed by atoms with Crippen molar-refractivity contribution in [2.24, 2.45) is 0 Å². The minimum atomic E-state index is -0.132. The van der Waals surface area contributed by atoms with Crippen molar-refractivity contribution in [2.45, 2.75) is 38.5 Å². The molecule has 8 aromatic carbocycles. The Balaban J connectivity index is 1.18. The number of fused-ring (bicyclic) bond motifs is 11. The SMILES string of the molecule is CC1(C)c2ccccc2-c2ccc(N(c3ccc4c(c3)C(C)(C)c3ccccc3-4)c3cccc4c3oc3c5ccccc5c(-c5ccccc5)cc43)cc21. The van der Waals surface area contributed by atoms with Crippen molar-refractivity contribution in [3.63, 3.8) is 0 Å². The molecule has 0 spiro atoms. The van der Waals surface area contributed by atoms with Gasteiger partial charge in [0.25, 0.3) is 0 Å². The van der Waals surface area contributed by atoms with Crippen molar-refractivity contribution in [1.82, 2.24) is 0 Å². The van der Waals surface area contributed by atoms with E-state index in [2.05, 4.69) is 196 Å². The quantitative estimate of drug-likeness (QED) is 0.182. The first-order valence-corrected chi connectivity index (χ1v) is 19.0. The van der Waals surface area contributed by atoms with Crippen LogP contribution in [-0.4, -0.2) is 0 Å². The molecule has 258 valence electrons. The lowest BCUT2D eigenvalue weighted by Gasteiger charge is -2.29. The van der Waals surface area contributed by atoms with Gasteiger partial charge in [0.2, 0.25) is 0 Å². The Morgan fingerprint density at radius 2 is 0.870 bits per heavy atom. The van der Waals surface area contributed by atoms with Crippen LogP contribution >= 0.6 is 0 Å². The van der Waals surface area contributed by atoms with E-state index in [-0.39, 0.29) is 10.8 Å². The molecule has 0 amide bonds. The van der Waals surface area contributed by atoms with E-state index in [1.807, 2.05) is 0 Å². The van der Waals surface area contributed by atoms with E-state index in [0.717, 1.165) is 44.4 Å². The predicted molar refractivity (Wildman–Crippen MR) is 226 cm³/mol. The highest BCUT2D eigenvalue weighted by molar-refractivity contribution is 6.21. The fourth-order valence-corrected chi connectivity index (χ4v) is 9.73. The maximum Gasteiger partial charge on any atom is 0.159 e. The average molecular weight is 694 g/mol. The number of hydrogen-bond donors (Lipinski definition) is 0. The van der Waals surface area contributed by atoms with Gasteiger partial charge in [-0.25, -0.2) is 0 Å². The summed E-state index contributed by atoms with van der Waals surface area (Å²) >= 11 is 0. The summed E-state index contributed by atoms with van der Waals surface area (Å²) in [5.74, 6) is 0. The van der Waals surface area contributed by atoms with Crippen LogP contribution < -0.4 is 4.90 Å². The third-order valence-electron chi connectivity index (χ3n) is 12.5. The lowest BCUT2D eigenvalue weighted by Crippen LogP contribution is -2.18. The van der Waals surface area contributed by atoms with Crippen LogP contribution in [0.2, 0.25) is 0 Å². The van der Waals surface area contributed by atoms with Crippen LogP contribution in [0.3, 0.4) is 0 Å². The molecule has 2 aliphatic carbocycles. The van der Waals surface area contributed by atoms with Crippen molar-refractivity contribution >= 4 is 49.8 Å². The molecule has 9 aromatic rings. The molecule has 2 heteroatoms. The number of rotatable bonds is 4. The highest BCUT2D eigenvalue weighted by Gasteiger charge is 2.38. The molecule has 0 N–H and O–H groups in total. The summed E-state index contributed by atoms with van der Waals surface area (Å²) in [6.07, 6.45) is 0. The van der Waals surface area contributed by atoms with E-state index in [0.29, 0.717) is 0 Å². The van der Waals surface area contributed by atoms with Crippen molar-refractivity contribution in [1.29, 1.82) is 0 Å². The number of furan rings is 1. The maximum atomic E-state index is 7.14. The van der Waals surface area contributed by atoms with Gasteiger partial charge in [-0.2, -0.15) is 0 Å². The van der Waals surface area contributed by atoms with Gasteiger partial charge < -0.3 is 9.32 Å². The second-order valence-electron chi connectivity index (χ2n) is 16.1. The summed E-state index contributed by atoms with van der Waals surface area (Å²) < 4.78 is 7.14. The summed E-state index contributed by atoms with van der Waals surface area (Å²) in [7, 11) is 0. The van der Waals surface area contributed by atoms with Crippen LogP contribution in [-0.2, 0) is 10.8 Å². The molecule has 2 aliphatic rings. The van der Waals surface area contributed by atoms with Gasteiger partial charge in [-0.15, -0.1) is 0 Å². The summed E-state index contributed by atoms with van der Waals surface area (Å²) in [5, 5.41) is 4.55. The Hall–Kier alpha value is -6.38. The molecule has 54 heavy (non-hydrogen) atoms. The first-order chi connectivity index (χ1) is 26.3. The Bertz CT molecular complexity index is 2890. The molecule has 2 nitrogen and oxygen atoms in total. The maximum absolute atomic E-state index is 7.14. The first kappa shape index (κ1) is 31.2. The van der Waals surface area contributed by atoms with E-state index in [1.54, 1.807) is 0 Å². The zero-order chi connectivity index (χ0) is 36.3. The highest BCUT2D eigenvalue weighted by atomic mass is 16.3. The second kappa shape index (κ2) is 11.1. The van der Waals surface area contributed by atoms with Crippen LogP contribution in [0.1, 0.15) is 49.9 Å². The third-order valence-corrected chi connectivity index (χ3v) is 12.5. The third kappa shape index (κ3) is 4.23. The van der Waals surface area contributed by atoms with Crippen molar-refractivity contribution in [3.05, 3.63) is 186 Å². The number of hydrogen-bond acceptors (Lipinski definition) is 2. The van der Waals surface area contributed by atoms with Crippen LogP contribution in [0, 0.1) is 0 Å². The topological polar surface area (TPSA) is 16.4 Å². The van der Waals surface area contributed by atoms with Gasteiger partial charge in [-0.05, 0) is 97.4 Å². The van der Waals surface area contributed by atoms with Gasteiger partial charge >= 0.3 is 0 Å². The zero-order valence-electron chi connectivity index (χ0n) is 30.9. The van der Waals surface area contributed by atoms with Gasteiger partial charge in [-0.1, -0.05) is 155 Å². The number of benzene rings is 8. The fraction of sp³-hybridized carbons (Fsp3) is 0.115. The van der Waals surface area contributed by atoms with E-state index < -0.39 is 0 Å².